The van der Waals surface area contributed by atoms with Gasteiger partial charge in [0, 0.05) is 18.5 Å². The molecule has 1 saturated heterocycles. The van der Waals surface area contributed by atoms with Gasteiger partial charge in [-0.1, -0.05) is 18.0 Å². The summed E-state index contributed by atoms with van der Waals surface area (Å²) in [7, 11) is 4.19. The van der Waals surface area contributed by atoms with Gasteiger partial charge in [0.25, 0.3) is 0 Å². The smallest absolute Gasteiger partial charge is 0.175 e. The van der Waals surface area contributed by atoms with E-state index in [1.165, 1.54) is 82.8 Å². The molecule has 2 heterocycles. The van der Waals surface area contributed by atoms with Crippen LogP contribution in [-0.4, -0.2) is 55.3 Å². The average Bonchev–Trinajstić information content (AvgIpc) is 3.30. The van der Waals surface area contributed by atoms with Crippen LogP contribution in [0.15, 0.2) is 16.7 Å². The zero-order valence-electron chi connectivity index (χ0n) is 20.2. The van der Waals surface area contributed by atoms with Crippen LogP contribution in [0.5, 0.6) is 5.75 Å². The molecule has 2 aromatic rings. The van der Waals surface area contributed by atoms with Gasteiger partial charge in [-0.15, -0.1) is 0 Å². The van der Waals surface area contributed by atoms with E-state index in [0.29, 0.717) is 0 Å². The lowest BCUT2D eigenvalue weighted by Gasteiger charge is -2.33. The van der Waals surface area contributed by atoms with Crippen molar-refractivity contribution in [3.05, 3.63) is 23.4 Å². The Hall–Kier alpha value is -1.59. The van der Waals surface area contributed by atoms with Crippen LogP contribution >= 0.6 is 0 Å². The highest BCUT2D eigenvalue weighted by Gasteiger charge is 2.25. The van der Waals surface area contributed by atoms with Gasteiger partial charge in [0.05, 0.1) is 17.9 Å². The molecule has 1 aromatic carbocycles. The highest BCUT2D eigenvalue weighted by Crippen LogP contribution is 2.35. The lowest BCUT2D eigenvalue weighted by atomic mass is 9.90. The third-order valence-corrected chi connectivity index (χ3v) is 7.91. The minimum absolute atomic E-state index is 0.743. The van der Waals surface area contributed by atoms with E-state index in [0.717, 1.165) is 59.9 Å². The molecule has 0 radical (unpaired) electrons. The maximum atomic E-state index is 6.17. The highest BCUT2D eigenvalue weighted by molar-refractivity contribution is 5.84. The fourth-order valence-corrected chi connectivity index (χ4v) is 5.72. The molecule has 0 unspecified atom stereocenters. The van der Waals surface area contributed by atoms with Gasteiger partial charge < -0.3 is 19.1 Å². The lowest BCUT2D eigenvalue weighted by Crippen LogP contribution is -2.36. The molecule has 5 nitrogen and oxygen atoms in total. The molecule has 2 aliphatic carbocycles. The van der Waals surface area contributed by atoms with Crippen molar-refractivity contribution in [2.24, 2.45) is 17.8 Å². The normalized spacial score (nSPS) is 21.2. The van der Waals surface area contributed by atoms with Gasteiger partial charge in [-0.25, -0.2) is 0 Å². The monoisotopic (exact) mass is 439 g/mol. The largest absolute Gasteiger partial charge is 0.493 e. The maximum absolute atomic E-state index is 6.17. The van der Waals surface area contributed by atoms with Crippen LogP contribution in [0.2, 0.25) is 0 Å². The number of nitrogens with zero attached hydrogens (tertiary/aromatic N) is 3. The molecule has 176 valence electrons. The molecule has 5 heteroatoms. The molecule has 2 saturated carbocycles. The summed E-state index contributed by atoms with van der Waals surface area (Å²) in [6, 6.07) is 4.32. The number of aromatic nitrogens is 1. The molecule has 0 atom stereocenters. The Bertz CT molecular complexity index is 874. The first-order chi connectivity index (χ1) is 15.7. The lowest BCUT2D eigenvalue weighted by molar-refractivity contribution is 0.157. The molecule has 0 bridgehead atoms. The van der Waals surface area contributed by atoms with Crippen LogP contribution in [0.25, 0.3) is 11.0 Å². The molecule has 0 spiro atoms. The summed E-state index contributed by atoms with van der Waals surface area (Å²) in [6.07, 6.45) is 13.4. The molecular weight excluding hydrogens is 398 g/mol. The van der Waals surface area contributed by atoms with E-state index in [4.69, 9.17) is 9.26 Å². The molecular formula is C27H41N3O2. The van der Waals surface area contributed by atoms with E-state index in [2.05, 4.69) is 41.2 Å². The van der Waals surface area contributed by atoms with Crippen molar-refractivity contribution in [1.29, 1.82) is 0 Å². The predicted octanol–water partition coefficient (Wildman–Crippen LogP) is 5.51. The van der Waals surface area contributed by atoms with Gasteiger partial charge in [0.1, 0.15) is 5.75 Å². The molecule has 1 aliphatic heterocycles. The Morgan fingerprint density at radius 3 is 2.50 bits per heavy atom. The van der Waals surface area contributed by atoms with Gasteiger partial charge in [0.15, 0.2) is 5.58 Å². The molecule has 0 amide bonds. The minimum atomic E-state index is 0.743. The first-order valence-corrected chi connectivity index (χ1v) is 13.1. The van der Waals surface area contributed by atoms with E-state index in [1.807, 2.05) is 0 Å². The van der Waals surface area contributed by atoms with Gasteiger partial charge in [0.2, 0.25) is 0 Å². The summed E-state index contributed by atoms with van der Waals surface area (Å²) >= 11 is 0. The van der Waals surface area contributed by atoms with Crippen molar-refractivity contribution in [2.45, 2.75) is 70.8 Å². The van der Waals surface area contributed by atoms with Gasteiger partial charge in [-0.3, -0.25) is 0 Å². The van der Waals surface area contributed by atoms with Crippen molar-refractivity contribution in [3.63, 3.8) is 0 Å². The van der Waals surface area contributed by atoms with E-state index >= 15 is 0 Å². The molecule has 5 rings (SSSR count). The van der Waals surface area contributed by atoms with Crippen LogP contribution in [-0.2, 0) is 13.0 Å². The van der Waals surface area contributed by atoms with Crippen LogP contribution < -0.4 is 4.74 Å². The van der Waals surface area contributed by atoms with E-state index < -0.39 is 0 Å². The number of fused-ring (bicyclic) bond motifs is 1. The standard InChI is InChI=1S/C27H41N3O2/c1-29(2)18-24-26(31-19-22-7-8-22)12-10-23-25(28-32-27(23)24)11-9-20-13-15-30(16-14-20)17-21-5-3-4-6-21/h10,12,20-22H,3-9,11,13-19H2,1-2H3. The van der Waals surface area contributed by atoms with Crippen LogP contribution in [0.4, 0.5) is 0 Å². The predicted molar refractivity (Wildman–Crippen MR) is 129 cm³/mol. The third kappa shape index (κ3) is 5.48. The molecule has 1 aromatic heterocycles. The second kappa shape index (κ2) is 10.1. The molecule has 32 heavy (non-hydrogen) atoms. The first kappa shape index (κ1) is 22.2. The number of hydrogen-bond donors (Lipinski definition) is 0. The Labute approximate surface area is 193 Å². The van der Waals surface area contributed by atoms with E-state index in [1.54, 1.807) is 0 Å². The fourth-order valence-electron chi connectivity index (χ4n) is 5.72. The van der Waals surface area contributed by atoms with Crippen LogP contribution in [0.3, 0.4) is 0 Å². The van der Waals surface area contributed by atoms with Gasteiger partial charge in [-0.05, 0) is 108 Å². The van der Waals surface area contributed by atoms with Gasteiger partial charge >= 0.3 is 0 Å². The quantitative estimate of drug-likeness (QED) is 0.488. The van der Waals surface area contributed by atoms with Crippen molar-refractivity contribution < 1.29 is 9.26 Å². The number of piperidine rings is 1. The topological polar surface area (TPSA) is 41.7 Å². The summed E-state index contributed by atoms with van der Waals surface area (Å²) in [5, 5.41) is 5.70. The molecule has 3 fully saturated rings. The van der Waals surface area contributed by atoms with Crippen molar-refractivity contribution in [2.75, 3.05) is 40.3 Å². The van der Waals surface area contributed by atoms with E-state index in [9.17, 15) is 0 Å². The van der Waals surface area contributed by atoms with Crippen LogP contribution in [0, 0.1) is 17.8 Å². The summed E-state index contributed by atoms with van der Waals surface area (Å²) in [4.78, 5) is 4.91. The number of hydrogen-bond acceptors (Lipinski definition) is 5. The summed E-state index contributed by atoms with van der Waals surface area (Å²) < 4.78 is 12.1. The highest BCUT2D eigenvalue weighted by atomic mass is 16.5. The van der Waals surface area contributed by atoms with Crippen molar-refractivity contribution in [1.82, 2.24) is 15.0 Å². The minimum Gasteiger partial charge on any atom is -0.493 e. The van der Waals surface area contributed by atoms with Crippen LogP contribution in [0.1, 0.15) is 69.0 Å². The second-order valence-corrected chi connectivity index (χ2v) is 11.0. The summed E-state index contributed by atoms with van der Waals surface area (Å²) in [6.45, 7) is 5.56. The number of benzene rings is 1. The number of likely N-dealkylation sites (tertiary alicyclic amines) is 1. The number of ether oxygens (including phenoxy) is 1. The van der Waals surface area contributed by atoms with E-state index in [-0.39, 0.29) is 0 Å². The average molecular weight is 440 g/mol. The SMILES string of the molecule is CN(C)Cc1c(OCC2CC2)ccc2c(CCC3CCN(CC4CCCC4)CC3)noc12. The summed E-state index contributed by atoms with van der Waals surface area (Å²) in [5.41, 5.74) is 3.20. The van der Waals surface area contributed by atoms with Crippen molar-refractivity contribution in [3.8, 4) is 5.75 Å². The van der Waals surface area contributed by atoms with Gasteiger partial charge in [-0.2, -0.15) is 0 Å². The fraction of sp³-hybridized carbons (Fsp3) is 0.741. The molecule has 0 N–H and O–H groups in total. The Kier molecular flexibility index (Phi) is 7.03. The Morgan fingerprint density at radius 1 is 1.00 bits per heavy atom. The zero-order valence-corrected chi connectivity index (χ0v) is 20.2. The molecule has 3 aliphatic rings. The number of aryl methyl sites for hydroxylation is 1. The zero-order chi connectivity index (χ0) is 21.9. The van der Waals surface area contributed by atoms with Crippen molar-refractivity contribution >= 4 is 11.0 Å². The Morgan fingerprint density at radius 2 is 1.78 bits per heavy atom. The maximum Gasteiger partial charge on any atom is 0.175 e. The Balaban J connectivity index is 1.19. The first-order valence-electron chi connectivity index (χ1n) is 13.1. The summed E-state index contributed by atoms with van der Waals surface area (Å²) in [5.74, 6) is 3.51. The third-order valence-electron chi connectivity index (χ3n) is 7.91. The second-order valence-electron chi connectivity index (χ2n) is 11.0. The number of rotatable bonds is 10.